The number of hydrogen-bond donors (Lipinski definition) is 2. The van der Waals surface area contributed by atoms with Crippen LogP contribution in [0.1, 0.15) is 34.5 Å². The highest BCUT2D eigenvalue weighted by molar-refractivity contribution is 7.89. The topological polar surface area (TPSA) is 102 Å². The Morgan fingerprint density at radius 2 is 1.84 bits per heavy atom. The summed E-state index contributed by atoms with van der Waals surface area (Å²) >= 11 is 1.34. The Balaban J connectivity index is 1.34. The maximum absolute atomic E-state index is 12.3. The minimum atomic E-state index is -3.47. The molecule has 4 rings (SSSR count). The van der Waals surface area contributed by atoms with Crippen LogP contribution in [0.25, 0.3) is 10.1 Å². The van der Waals surface area contributed by atoms with Gasteiger partial charge in [0.25, 0.3) is 0 Å². The molecule has 1 saturated carbocycles. The second-order valence-electron chi connectivity index (χ2n) is 7.44. The molecule has 1 aliphatic carbocycles. The smallest absolute Gasteiger partial charge is 0.348 e. The van der Waals surface area contributed by atoms with Gasteiger partial charge in [0.15, 0.2) is 0 Å². The van der Waals surface area contributed by atoms with E-state index in [0.29, 0.717) is 17.0 Å². The van der Waals surface area contributed by atoms with E-state index in [1.165, 1.54) is 18.4 Å². The van der Waals surface area contributed by atoms with Crippen molar-refractivity contribution in [3.05, 3.63) is 59.0 Å². The number of ether oxygens (including phenoxy) is 1. The number of esters is 1. The van der Waals surface area contributed by atoms with Crippen LogP contribution >= 0.6 is 11.3 Å². The van der Waals surface area contributed by atoms with E-state index in [1.807, 2.05) is 12.1 Å². The summed E-state index contributed by atoms with van der Waals surface area (Å²) in [4.78, 5) is 24.8. The van der Waals surface area contributed by atoms with Crippen LogP contribution in [0.4, 0.5) is 5.69 Å². The quantitative estimate of drug-likeness (QED) is 0.501. The number of amides is 1. The molecule has 0 atom stereocenters. The standard InChI is InChI=1S/C22H22N2O5S2/c1-29-22(26)20-13-15-12-17(7-10-19(15)30-20)23-21(25)11-4-14-2-8-18(9-3-14)31(27,28)24-16-5-6-16/h2-3,7-10,12-13,16,24H,4-6,11H2,1H3,(H,23,25). The van der Waals surface area contributed by atoms with Crippen molar-refractivity contribution < 1.29 is 22.7 Å². The molecule has 31 heavy (non-hydrogen) atoms. The van der Waals surface area contributed by atoms with E-state index in [0.717, 1.165) is 28.5 Å². The number of benzene rings is 2. The molecule has 1 aromatic heterocycles. The van der Waals surface area contributed by atoms with Gasteiger partial charge in [0.2, 0.25) is 15.9 Å². The molecule has 3 aromatic rings. The summed E-state index contributed by atoms with van der Waals surface area (Å²) in [5.41, 5.74) is 1.54. The molecule has 9 heteroatoms. The normalized spacial score (nSPS) is 13.8. The van der Waals surface area contributed by atoms with Crippen LogP contribution in [-0.4, -0.2) is 33.4 Å². The Morgan fingerprint density at radius 1 is 1.10 bits per heavy atom. The second kappa shape index (κ2) is 8.78. The zero-order valence-corrected chi connectivity index (χ0v) is 18.5. The van der Waals surface area contributed by atoms with E-state index in [1.54, 1.807) is 36.4 Å². The molecule has 2 N–H and O–H groups in total. The molecule has 162 valence electrons. The molecule has 0 aliphatic heterocycles. The van der Waals surface area contributed by atoms with Crippen molar-refractivity contribution >= 4 is 49.0 Å². The number of hydrogen-bond acceptors (Lipinski definition) is 6. The highest BCUT2D eigenvalue weighted by Crippen LogP contribution is 2.28. The lowest BCUT2D eigenvalue weighted by atomic mass is 10.1. The van der Waals surface area contributed by atoms with Crippen molar-refractivity contribution in [3.63, 3.8) is 0 Å². The van der Waals surface area contributed by atoms with Gasteiger partial charge in [-0.3, -0.25) is 4.79 Å². The predicted molar refractivity (Wildman–Crippen MR) is 120 cm³/mol. The maximum atomic E-state index is 12.3. The molecular formula is C22H22N2O5S2. The molecule has 1 amide bonds. The molecule has 1 aliphatic rings. The first-order chi connectivity index (χ1) is 14.8. The number of sulfonamides is 1. The Hall–Kier alpha value is -2.75. The maximum Gasteiger partial charge on any atom is 0.348 e. The van der Waals surface area contributed by atoms with E-state index in [-0.39, 0.29) is 29.2 Å². The zero-order chi connectivity index (χ0) is 22.0. The summed E-state index contributed by atoms with van der Waals surface area (Å²) in [5.74, 6) is -0.524. The molecule has 1 fully saturated rings. The van der Waals surface area contributed by atoms with E-state index in [2.05, 4.69) is 10.0 Å². The number of nitrogens with one attached hydrogen (secondary N) is 2. The van der Waals surface area contributed by atoms with Crippen molar-refractivity contribution in [2.75, 3.05) is 12.4 Å². The highest BCUT2D eigenvalue weighted by atomic mass is 32.2. The first-order valence-electron chi connectivity index (χ1n) is 9.87. The molecule has 1 heterocycles. The summed E-state index contributed by atoms with van der Waals surface area (Å²) in [6, 6.07) is 13.9. The first-order valence-corrected chi connectivity index (χ1v) is 12.2. The lowest BCUT2D eigenvalue weighted by Crippen LogP contribution is -2.25. The second-order valence-corrected chi connectivity index (χ2v) is 10.2. The number of thiophene rings is 1. The van der Waals surface area contributed by atoms with Crippen LogP contribution in [0, 0.1) is 0 Å². The lowest BCUT2D eigenvalue weighted by molar-refractivity contribution is -0.116. The molecule has 0 saturated heterocycles. The number of methoxy groups -OCH3 is 1. The molecule has 0 unspecified atom stereocenters. The van der Waals surface area contributed by atoms with E-state index in [9.17, 15) is 18.0 Å². The summed E-state index contributed by atoms with van der Waals surface area (Å²) in [6.45, 7) is 0. The monoisotopic (exact) mass is 458 g/mol. The Kier molecular flexibility index (Phi) is 6.08. The van der Waals surface area contributed by atoms with Crippen LogP contribution in [0.2, 0.25) is 0 Å². The third-order valence-electron chi connectivity index (χ3n) is 4.96. The fourth-order valence-corrected chi connectivity index (χ4v) is 5.39. The third-order valence-corrected chi connectivity index (χ3v) is 7.59. The minimum Gasteiger partial charge on any atom is -0.465 e. The molecule has 0 spiro atoms. The van der Waals surface area contributed by atoms with Crippen LogP contribution < -0.4 is 10.0 Å². The average Bonchev–Trinajstić information content (AvgIpc) is 3.45. The van der Waals surface area contributed by atoms with Gasteiger partial charge in [0.05, 0.1) is 12.0 Å². The Morgan fingerprint density at radius 3 is 2.52 bits per heavy atom. The number of carbonyl (C=O) groups is 2. The van der Waals surface area contributed by atoms with Gasteiger partial charge >= 0.3 is 5.97 Å². The van der Waals surface area contributed by atoms with Crippen LogP contribution in [0.5, 0.6) is 0 Å². The predicted octanol–water partition coefficient (Wildman–Crippen LogP) is 3.70. The fraction of sp³-hybridized carbons (Fsp3) is 0.273. The molecule has 7 nitrogen and oxygen atoms in total. The first kappa shape index (κ1) is 21.5. The zero-order valence-electron chi connectivity index (χ0n) is 16.9. The minimum absolute atomic E-state index is 0.0636. The summed E-state index contributed by atoms with van der Waals surface area (Å²) < 4.78 is 32.8. The number of aryl methyl sites for hydroxylation is 1. The van der Waals surface area contributed by atoms with Crippen molar-refractivity contribution in [2.45, 2.75) is 36.6 Å². The van der Waals surface area contributed by atoms with Crippen molar-refractivity contribution in [1.82, 2.24) is 4.72 Å². The van der Waals surface area contributed by atoms with Gasteiger partial charge in [-0.2, -0.15) is 0 Å². The van der Waals surface area contributed by atoms with Crippen LogP contribution in [0.15, 0.2) is 53.4 Å². The number of rotatable bonds is 8. The third kappa shape index (κ3) is 5.30. The lowest BCUT2D eigenvalue weighted by Gasteiger charge is -2.08. The Labute approximate surface area is 184 Å². The average molecular weight is 459 g/mol. The molecular weight excluding hydrogens is 436 g/mol. The fourth-order valence-electron chi connectivity index (χ4n) is 3.13. The number of anilines is 1. The van der Waals surface area contributed by atoms with E-state index >= 15 is 0 Å². The van der Waals surface area contributed by atoms with Gasteiger partial charge in [-0.05, 0) is 66.6 Å². The molecule has 0 bridgehead atoms. The van der Waals surface area contributed by atoms with Crippen molar-refractivity contribution in [3.8, 4) is 0 Å². The van der Waals surface area contributed by atoms with Gasteiger partial charge < -0.3 is 10.1 Å². The van der Waals surface area contributed by atoms with Crippen molar-refractivity contribution in [2.24, 2.45) is 0 Å². The van der Waals surface area contributed by atoms with Crippen molar-refractivity contribution in [1.29, 1.82) is 0 Å². The largest absolute Gasteiger partial charge is 0.465 e. The van der Waals surface area contributed by atoms with Crippen LogP contribution in [-0.2, 0) is 26.0 Å². The summed E-state index contributed by atoms with van der Waals surface area (Å²) in [7, 11) is -2.12. The van der Waals surface area contributed by atoms with Gasteiger partial charge in [-0.25, -0.2) is 17.9 Å². The summed E-state index contributed by atoms with van der Waals surface area (Å²) in [6.07, 6.45) is 2.54. The number of carbonyl (C=O) groups excluding carboxylic acids is 2. The van der Waals surface area contributed by atoms with Gasteiger partial charge in [-0.15, -0.1) is 11.3 Å². The van der Waals surface area contributed by atoms with Gasteiger partial charge in [-0.1, -0.05) is 12.1 Å². The van der Waals surface area contributed by atoms with Crippen LogP contribution in [0.3, 0.4) is 0 Å². The van der Waals surface area contributed by atoms with E-state index < -0.39 is 10.0 Å². The molecule has 0 radical (unpaired) electrons. The van der Waals surface area contributed by atoms with Gasteiger partial charge in [0, 0.05) is 22.8 Å². The molecule has 2 aromatic carbocycles. The summed E-state index contributed by atoms with van der Waals surface area (Å²) in [5, 5.41) is 3.73. The Bertz CT molecular complexity index is 1230. The van der Waals surface area contributed by atoms with E-state index in [4.69, 9.17) is 4.74 Å². The SMILES string of the molecule is COC(=O)c1cc2cc(NC(=O)CCc3ccc(S(=O)(=O)NC4CC4)cc3)ccc2s1. The highest BCUT2D eigenvalue weighted by Gasteiger charge is 2.27. The van der Waals surface area contributed by atoms with Gasteiger partial charge in [0.1, 0.15) is 4.88 Å². The number of fused-ring (bicyclic) bond motifs is 1.